The highest BCUT2D eigenvalue weighted by molar-refractivity contribution is 5.75. The van der Waals surface area contributed by atoms with Crippen molar-refractivity contribution in [2.24, 2.45) is 0 Å². The third-order valence-corrected chi connectivity index (χ3v) is 3.73. The van der Waals surface area contributed by atoms with E-state index < -0.39 is 6.10 Å². The van der Waals surface area contributed by atoms with Crippen molar-refractivity contribution in [3.8, 4) is 0 Å². The van der Waals surface area contributed by atoms with E-state index in [-0.39, 0.29) is 5.91 Å². The highest BCUT2D eigenvalue weighted by Crippen LogP contribution is 2.24. The van der Waals surface area contributed by atoms with Crippen LogP contribution >= 0.6 is 0 Å². The molecule has 1 aliphatic rings. The molecule has 2 rings (SSSR count). The second-order valence-electron chi connectivity index (χ2n) is 5.31. The minimum atomic E-state index is -0.604. The number of carbonyl (C=O) groups is 1. The quantitative estimate of drug-likeness (QED) is 0.855. The first-order valence-corrected chi connectivity index (χ1v) is 7.27. The standard InChI is InChI=1S/C16H23NO2/c1-2-5-16(19)17-11-15(18)14-9-8-12-6-3-4-7-13(12)10-14/h8-10,15,18H,2-7,11H2,1H3,(H,17,19). The van der Waals surface area contributed by atoms with E-state index in [0.717, 1.165) is 24.8 Å². The summed E-state index contributed by atoms with van der Waals surface area (Å²) in [5, 5.41) is 12.9. The Morgan fingerprint density at radius 3 is 2.79 bits per heavy atom. The van der Waals surface area contributed by atoms with Gasteiger partial charge in [0.15, 0.2) is 0 Å². The largest absolute Gasteiger partial charge is 0.387 e. The van der Waals surface area contributed by atoms with Gasteiger partial charge in [-0.3, -0.25) is 4.79 Å². The van der Waals surface area contributed by atoms with Crippen LogP contribution in [0.4, 0.5) is 0 Å². The molecule has 0 aromatic heterocycles. The van der Waals surface area contributed by atoms with Crippen molar-refractivity contribution in [2.75, 3.05) is 6.54 Å². The maximum atomic E-state index is 11.4. The van der Waals surface area contributed by atoms with Crippen LogP contribution in [-0.2, 0) is 17.6 Å². The van der Waals surface area contributed by atoms with Crippen LogP contribution in [0.1, 0.15) is 55.4 Å². The van der Waals surface area contributed by atoms with Crippen molar-refractivity contribution < 1.29 is 9.90 Å². The lowest BCUT2D eigenvalue weighted by Crippen LogP contribution is -2.28. The van der Waals surface area contributed by atoms with E-state index in [2.05, 4.69) is 17.4 Å². The molecule has 0 aliphatic heterocycles. The molecule has 1 aliphatic carbocycles. The average Bonchev–Trinajstić information content (AvgIpc) is 2.44. The van der Waals surface area contributed by atoms with Crippen LogP contribution in [0.5, 0.6) is 0 Å². The molecule has 3 nitrogen and oxygen atoms in total. The summed E-state index contributed by atoms with van der Waals surface area (Å²) in [4.78, 5) is 11.4. The van der Waals surface area contributed by atoms with E-state index in [1.807, 2.05) is 13.0 Å². The van der Waals surface area contributed by atoms with Gasteiger partial charge in [0.25, 0.3) is 0 Å². The van der Waals surface area contributed by atoms with E-state index in [1.165, 1.54) is 24.0 Å². The summed E-state index contributed by atoms with van der Waals surface area (Å²) in [7, 11) is 0. The zero-order valence-corrected chi connectivity index (χ0v) is 11.6. The average molecular weight is 261 g/mol. The summed E-state index contributed by atoms with van der Waals surface area (Å²) >= 11 is 0. The molecule has 2 N–H and O–H groups in total. The molecule has 1 unspecified atom stereocenters. The van der Waals surface area contributed by atoms with Crippen molar-refractivity contribution in [3.63, 3.8) is 0 Å². The van der Waals surface area contributed by atoms with Gasteiger partial charge in [-0.05, 0) is 48.8 Å². The summed E-state index contributed by atoms with van der Waals surface area (Å²) in [5.41, 5.74) is 3.69. The Bertz CT molecular complexity index is 442. The Balaban J connectivity index is 1.95. The Labute approximate surface area is 115 Å². The number of rotatable bonds is 5. The number of aliphatic hydroxyl groups excluding tert-OH is 1. The number of carbonyl (C=O) groups excluding carboxylic acids is 1. The van der Waals surface area contributed by atoms with E-state index in [1.54, 1.807) is 0 Å². The number of aryl methyl sites for hydroxylation is 2. The molecule has 0 bridgehead atoms. The van der Waals surface area contributed by atoms with Gasteiger partial charge in [0.1, 0.15) is 0 Å². The molecule has 1 amide bonds. The lowest BCUT2D eigenvalue weighted by molar-refractivity contribution is -0.121. The maximum Gasteiger partial charge on any atom is 0.220 e. The first-order chi connectivity index (χ1) is 9.20. The second-order valence-corrected chi connectivity index (χ2v) is 5.31. The van der Waals surface area contributed by atoms with E-state index in [9.17, 15) is 9.90 Å². The molecule has 0 saturated heterocycles. The van der Waals surface area contributed by atoms with Crippen molar-refractivity contribution in [1.82, 2.24) is 5.32 Å². The monoisotopic (exact) mass is 261 g/mol. The van der Waals surface area contributed by atoms with E-state index >= 15 is 0 Å². The molecule has 1 atom stereocenters. The van der Waals surface area contributed by atoms with Gasteiger partial charge in [-0.1, -0.05) is 25.1 Å². The predicted molar refractivity (Wildman–Crippen MR) is 76.0 cm³/mol. The van der Waals surface area contributed by atoms with E-state index in [0.29, 0.717) is 13.0 Å². The number of benzene rings is 1. The minimum Gasteiger partial charge on any atom is -0.387 e. The Morgan fingerprint density at radius 1 is 1.32 bits per heavy atom. The molecule has 0 spiro atoms. The number of hydrogen-bond donors (Lipinski definition) is 2. The fraction of sp³-hybridized carbons (Fsp3) is 0.562. The van der Waals surface area contributed by atoms with Gasteiger partial charge >= 0.3 is 0 Å². The van der Waals surface area contributed by atoms with Gasteiger partial charge < -0.3 is 10.4 Å². The van der Waals surface area contributed by atoms with Crippen LogP contribution in [0.15, 0.2) is 18.2 Å². The maximum absolute atomic E-state index is 11.4. The Kier molecular flexibility index (Phi) is 4.97. The number of fused-ring (bicyclic) bond motifs is 1. The fourth-order valence-corrected chi connectivity index (χ4v) is 2.60. The fourth-order valence-electron chi connectivity index (χ4n) is 2.60. The van der Waals surface area contributed by atoms with Crippen LogP contribution in [-0.4, -0.2) is 17.6 Å². The number of amides is 1. The summed E-state index contributed by atoms with van der Waals surface area (Å²) in [6.07, 6.45) is 5.52. The molecule has 0 saturated carbocycles. The van der Waals surface area contributed by atoms with Crippen LogP contribution in [0.25, 0.3) is 0 Å². The Hall–Kier alpha value is -1.35. The van der Waals surface area contributed by atoms with Gasteiger partial charge in [0.05, 0.1) is 6.10 Å². The zero-order chi connectivity index (χ0) is 13.7. The van der Waals surface area contributed by atoms with Gasteiger partial charge in [-0.15, -0.1) is 0 Å². The summed E-state index contributed by atoms with van der Waals surface area (Å²) in [6, 6.07) is 6.22. The van der Waals surface area contributed by atoms with Crippen LogP contribution in [0, 0.1) is 0 Å². The SMILES string of the molecule is CCCC(=O)NCC(O)c1ccc2c(c1)CCCC2. The van der Waals surface area contributed by atoms with Crippen molar-refractivity contribution >= 4 is 5.91 Å². The number of aliphatic hydroxyl groups is 1. The topological polar surface area (TPSA) is 49.3 Å². The van der Waals surface area contributed by atoms with Crippen LogP contribution in [0.2, 0.25) is 0 Å². The van der Waals surface area contributed by atoms with Crippen molar-refractivity contribution in [2.45, 2.75) is 51.6 Å². The number of nitrogens with one attached hydrogen (secondary N) is 1. The molecule has 0 heterocycles. The normalized spacial score (nSPS) is 15.7. The molecule has 0 fully saturated rings. The third kappa shape index (κ3) is 3.80. The second kappa shape index (κ2) is 6.71. The summed E-state index contributed by atoms with van der Waals surface area (Å²) < 4.78 is 0. The summed E-state index contributed by atoms with van der Waals surface area (Å²) in [5.74, 6) is 0.0134. The van der Waals surface area contributed by atoms with Crippen LogP contribution < -0.4 is 5.32 Å². The molecule has 1 aromatic rings. The minimum absolute atomic E-state index is 0.0134. The third-order valence-electron chi connectivity index (χ3n) is 3.73. The molecule has 0 radical (unpaired) electrons. The first kappa shape index (κ1) is 14.1. The lowest BCUT2D eigenvalue weighted by Gasteiger charge is -2.19. The highest BCUT2D eigenvalue weighted by atomic mass is 16.3. The Morgan fingerprint density at radius 2 is 2.05 bits per heavy atom. The first-order valence-electron chi connectivity index (χ1n) is 7.27. The van der Waals surface area contributed by atoms with Gasteiger partial charge in [0, 0.05) is 13.0 Å². The smallest absolute Gasteiger partial charge is 0.220 e. The molecule has 19 heavy (non-hydrogen) atoms. The molecule has 3 heteroatoms. The molecule has 104 valence electrons. The van der Waals surface area contributed by atoms with Gasteiger partial charge in [0.2, 0.25) is 5.91 Å². The predicted octanol–water partition coefficient (Wildman–Crippen LogP) is 2.52. The van der Waals surface area contributed by atoms with Gasteiger partial charge in [-0.2, -0.15) is 0 Å². The van der Waals surface area contributed by atoms with Crippen molar-refractivity contribution in [1.29, 1.82) is 0 Å². The summed E-state index contributed by atoms with van der Waals surface area (Å²) in [6.45, 7) is 2.27. The lowest BCUT2D eigenvalue weighted by atomic mass is 9.89. The zero-order valence-electron chi connectivity index (χ0n) is 11.6. The molecular weight excluding hydrogens is 238 g/mol. The molecule has 1 aromatic carbocycles. The molecular formula is C16H23NO2. The highest BCUT2D eigenvalue weighted by Gasteiger charge is 2.14. The van der Waals surface area contributed by atoms with Gasteiger partial charge in [-0.25, -0.2) is 0 Å². The van der Waals surface area contributed by atoms with Crippen molar-refractivity contribution in [3.05, 3.63) is 34.9 Å². The van der Waals surface area contributed by atoms with E-state index in [4.69, 9.17) is 0 Å². The van der Waals surface area contributed by atoms with Crippen LogP contribution in [0.3, 0.4) is 0 Å². The number of hydrogen-bond acceptors (Lipinski definition) is 2.